The third-order valence-electron chi connectivity index (χ3n) is 3.57. The van der Waals surface area contributed by atoms with Crippen molar-refractivity contribution in [3.05, 3.63) is 65.2 Å². The van der Waals surface area contributed by atoms with E-state index < -0.39 is 0 Å². The molecule has 0 saturated heterocycles. The highest BCUT2D eigenvalue weighted by molar-refractivity contribution is 5.95. The molecular weight excluding hydrogens is 288 g/mol. The Morgan fingerprint density at radius 2 is 1.78 bits per heavy atom. The first-order valence-corrected chi connectivity index (χ1v) is 7.76. The Kier molecular flexibility index (Phi) is 6.18. The Labute approximate surface area is 138 Å². The molecule has 2 aromatic rings. The molecule has 1 N–H and O–H groups in total. The topological polar surface area (TPSA) is 41.6 Å². The van der Waals surface area contributed by atoms with E-state index in [1.54, 1.807) is 0 Å². The van der Waals surface area contributed by atoms with Gasteiger partial charge in [0.2, 0.25) is 0 Å². The zero-order chi connectivity index (χ0) is 16.7. The summed E-state index contributed by atoms with van der Waals surface area (Å²) in [6, 6.07) is 15.4. The first kappa shape index (κ1) is 17.0. The second-order valence-electron chi connectivity index (χ2n) is 5.79. The molecule has 0 aromatic heterocycles. The number of rotatable bonds is 7. The van der Waals surface area contributed by atoms with Gasteiger partial charge in [-0.1, -0.05) is 30.3 Å². The standard InChI is InChI=1S/C19H24N2O2/c1-15-6-4-5-7-18(15)19(22)20-14-16-8-10-17(11-9-16)23-13-12-21(2)3/h4-11H,12-14H2,1-3H3,(H,20,22). The molecule has 2 rings (SSSR count). The second-order valence-corrected chi connectivity index (χ2v) is 5.79. The second kappa shape index (κ2) is 8.34. The summed E-state index contributed by atoms with van der Waals surface area (Å²) < 4.78 is 5.65. The third-order valence-corrected chi connectivity index (χ3v) is 3.57. The van der Waals surface area contributed by atoms with Crippen LogP contribution in [0, 0.1) is 6.92 Å². The van der Waals surface area contributed by atoms with Crippen molar-refractivity contribution in [2.24, 2.45) is 0 Å². The van der Waals surface area contributed by atoms with Crippen LogP contribution in [0.3, 0.4) is 0 Å². The SMILES string of the molecule is Cc1ccccc1C(=O)NCc1ccc(OCCN(C)C)cc1. The molecule has 4 heteroatoms. The molecule has 0 saturated carbocycles. The van der Waals surface area contributed by atoms with Crippen molar-refractivity contribution in [2.45, 2.75) is 13.5 Å². The van der Waals surface area contributed by atoms with Gasteiger partial charge in [0.05, 0.1) is 0 Å². The average molecular weight is 312 g/mol. The van der Waals surface area contributed by atoms with Gasteiger partial charge in [-0.25, -0.2) is 0 Å². The number of likely N-dealkylation sites (N-methyl/N-ethyl adjacent to an activating group) is 1. The fourth-order valence-electron chi connectivity index (χ4n) is 2.15. The van der Waals surface area contributed by atoms with Crippen LogP contribution in [0.4, 0.5) is 0 Å². The van der Waals surface area contributed by atoms with Crippen molar-refractivity contribution in [2.75, 3.05) is 27.2 Å². The average Bonchev–Trinajstić information content (AvgIpc) is 2.54. The molecule has 2 aromatic carbocycles. The maximum Gasteiger partial charge on any atom is 0.251 e. The van der Waals surface area contributed by atoms with Crippen LogP contribution >= 0.6 is 0 Å². The fraction of sp³-hybridized carbons (Fsp3) is 0.316. The minimum Gasteiger partial charge on any atom is -0.492 e. The highest BCUT2D eigenvalue weighted by Gasteiger charge is 2.07. The number of hydrogen-bond acceptors (Lipinski definition) is 3. The van der Waals surface area contributed by atoms with Crippen molar-refractivity contribution < 1.29 is 9.53 Å². The number of aryl methyl sites for hydroxylation is 1. The molecule has 0 heterocycles. The molecule has 0 unspecified atom stereocenters. The molecule has 0 spiro atoms. The number of nitrogens with zero attached hydrogens (tertiary/aromatic N) is 1. The van der Waals surface area contributed by atoms with Crippen molar-refractivity contribution >= 4 is 5.91 Å². The van der Waals surface area contributed by atoms with Gasteiger partial charge in [0.25, 0.3) is 5.91 Å². The number of benzene rings is 2. The summed E-state index contributed by atoms with van der Waals surface area (Å²) in [6.45, 7) is 3.99. The van der Waals surface area contributed by atoms with Gasteiger partial charge in [-0.15, -0.1) is 0 Å². The van der Waals surface area contributed by atoms with E-state index >= 15 is 0 Å². The van der Waals surface area contributed by atoms with Gasteiger partial charge >= 0.3 is 0 Å². The predicted octanol–water partition coefficient (Wildman–Crippen LogP) is 2.87. The van der Waals surface area contributed by atoms with Gasteiger partial charge in [0, 0.05) is 18.7 Å². The van der Waals surface area contributed by atoms with E-state index in [9.17, 15) is 4.79 Å². The van der Waals surface area contributed by atoms with E-state index in [2.05, 4.69) is 10.2 Å². The van der Waals surface area contributed by atoms with Crippen molar-refractivity contribution in [3.8, 4) is 5.75 Å². The highest BCUT2D eigenvalue weighted by atomic mass is 16.5. The first-order chi connectivity index (χ1) is 11.1. The van der Waals surface area contributed by atoms with Crippen LogP contribution in [0.25, 0.3) is 0 Å². The van der Waals surface area contributed by atoms with Crippen LogP contribution in [0.15, 0.2) is 48.5 Å². The first-order valence-electron chi connectivity index (χ1n) is 7.76. The lowest BCUT2D eigenvalue weighted by Gasteiger charge is -2.11. The number of ether oxygens (including phenoxy) is 1. The zero-order valence-electron chi connectivity index (χ0n) is 14.0. The number of amides is 1. The molecular formula is C19H24N2O2. The van der Waals surface area contributed by atoms with Crippen molar-refractivity contribution in [3.63, 3.8) is 0 Å². The smallest absolute Gasteiger partial charge is 0.251 e. The van der Waals surface area contributed by atoms with Crippen molar-refractivity contribution in [1.82, 2.24) is 10.2 Å². The maximum absolute atomic E-state index is 12.2. The number of hydrogen-bond donors (Lipinski definition) is 1. The zero-order valence-corrected chi connectivity index (χ0v) is 14.0. The van der Waals surface area contributed by atoms with Gasteiger partial charge < -0.3 is 15.0 Å². The van der Waals surface area contributed by atoms with E-state index in [4.69, 9.17) is 4.74 Å². The Morgan fingerprint density at radius 3 is 2.43 bits per heavy atom. The molecule has 0 aliphatic heterocycles. The van der Waals surface area contributed by atoms with Crippen LogP contribution in [-0.4, -0.2) is 38.1 Å². The lowest BCUT2D eigenvalue weighted by atomic mass is 10.1. The Bertz CT molecular complexity index is 636. The van der Waals surface area contributed by atoms with Gasteiger partial charge in [-0.3, -0.25) is 4.79 Å². The maximum atomic E-state index is 12.2. The molecule has 0 bridgehead atoms. The van der Waals surface area contributed by atoms with E-state index in [0.29, 0.717) is 13.2 Å². The molecule has 4 nitrogen and oxygen atoms in total. The quantitative estimate of drug-likeness (QED) is 0.855. The summed E-state index contributed by atoms with van der Waals surface area (Å²) in [5.74, 6) is 0.801. The van der Waals surface area contributed by atoms with E-state index in [1.807, 2.05) is 69.6 Å². The van der Waals surface area contributed by atoms with Gasteiger partial charge in [-0.2, -0.15) is 0 Å². The fourth-order valence-corrected chi connectivity index (χ4v) is 2.15. The molecule has 23 heavy (non-hydrogen) atoms. The summed E-state index contributed by atoms with van der Waals surface area (Å²) >= 11 is 0. The largest absolute Gasteiger partial charge is 0.492 e. The molecule has 0 atom stereocenters. The molecule has 0 aliphatic rings. The van der Waals surface area contributed by atoms with Crippen LogP contribution in [0.2, 0.25) is 0 Å². The molecule has 122 valence electrons. The summed E-state index contributed by atoms with van der Waals surface area (Å²) in [7, 11) is 4.03. The van der Waals surface area contributed by atoms with Gasteiger partial charge in [0.15, 0.2) is 0 Å². The van der Waals surface area contributed by atoms with Crippen LogP contribution in [0.1, 0.15) is 21.5 Å². The Hall–Kier alpha value is -2.33. The third kappa shape index (κ3) is 5.42. The summed E-state index contributed by atoms with van der Waals surface area (Å²) in [4.78, 5) is 14.2. The molecule has 0 radical (unpaired) electrons. The normalized spacial score (nSPS) is 10.6. The lowest BCUT2D eigenvalue weighted by molar-refractivity contribution is 0.0950. The number of carbonyl (C=O) groups is 1. The van der Waals surface area contributed by atoms with E-state index in [1.165, 1.54) is 0 Å². The van der Waals surface area contributed by atoms with E-state index in [0.717, 1.165) is 29.0 Å². The lowest BCUT2D eigenvalue weighted by Crippen LogP contribution is -2.23. The van der Waals surface area contributed by atoms with Gasteiger partial charge in [-0.05, 0) is 50.3 Å². The van der Waals surface area contributed by atoms with Crippen LogP contribution in [0.5, 0.6) is 5.75 Å². The van der Waals surface area contributed by atoms with Crippen molar-refractivity contribution in [1.29, 1.82) is 0 Å². The van der Waals surface area contributed by atoms with Crippen LogP contribution < -0.4 is 10.1 Å². The summed E-state index contributed by atoms with van der Waals surface area (Å²) in [5.41, 5.74) is 2.75. The van der Waals surface area contributed by atoms with Crippen LogP contribution in [-0.2, 0) is 6.54 Å². The minimum atomic E-state index is -0.0468. The highest BCUT2D eigenvalue weighted by Crippen LogP contribution is 2.12. The Morgan fingerprint density at radius 1 is 1.09 bits per heavy atom. The summed E-state index contributed by atoms with van der Waals surface area (Å²) in [6.07, 6.45) is 0. The number of carbonyl (C=O) groups excluding carboxylic acids is 1. The molecule has 1 amide bonds. The summed E-state index contributed by atoms with van der Waals surface area (Å²) in [5, 5.41) is 2.95. The molecule has 0 aliphatic carbocycles. The monoisotopic (exact) mass is 312 g/mol. The minimum absolute atomic E-state index is 0.0468. The predicted molar refractivity (Wildman–Crippen MR) is 92.8 cm³/mol. The number of nitrogens with one attached hydrogen (secondary N) is 1. The van der Waals surface area contributed by atoms with Gasteiger partial charge in [0.1, 0.15) is 12.4 Å². The van der Waals surface area contributed by atoms with E-state index in [-0.39, 0.29) is 5.91 Å². The Balaban J connectivity index is 1.84. The molecule has 0 fully saturated rings.